The SMILES string of the molecule is CC1CCN(C(=O)COc2ccc(/C=N/NC(=O)c3ccc(O)c(Cl)c3)c3ccccc23)CC1. The van der Waals surface area contributed by atoms with Crippen molar-refractivity contribution < 1.29 is 19.4 Å². The molecule has 0 aromatic heterocycles. The molecule has 2 amide bonds. The van der Waals surface area contributed by atoms with Crippen LogP contribution in [0.4, 0.5) is 0 Å². The number of fused-ring (bicyclic) bond motifs is 1. The van der Waals surface area contributed by atoms with E-state index in [2.05, 4.69) is 17.5 Å². The lowest BCUT2D eigenvalue weighted by Crippen LogP contribution is -2.40. The highest BCUT2D eigenvalue weighted by atomic mass is 35.5. The van der Waals surface area contributed by atoms with Gasteiger partial charge < -0.3 is 14.7 Å². The molecular weight excluding hydrogens is 454 g/mol. The number of ether oxygens (including phenoxy) is 1. The van der Waals surface area contributed by atoms with Gasteiger partial charge in [0.05, 0.1) is 11.2 Å². The van der Waals surface area contributed by atoms with Gasteiger partial charge in [0.15, 0.2) is 6.61 Å². The lowest BCUT2D eigenvalue weighted by atomic mass is 9.99. The Labute approximate surface area is 203 Å². The van der Waals surface area contributed by atoms with Crippen LogP contribution in [0.1, 0.15) is 35.7 Å². The van der Waals surface area contributed by atoms with Crippen LogP contribution in [0.2, 0.25) is 5.02 Å². The third kappa shape index (κ3) is 5.48. The Morgan fingerprint density at radius 2 is 1.88 bits per heavy atom. The fourth-order valence-electron chi connectivity index (χ4n) is 3.90. The minimum Gasteiger partial charge on any atom is -0.506 e. The van der Waals surface area contributed by atoms with Crippen LogP contribution in [0.25, 0.3) is 10.8 Å². The van der Waals surface area contributed by atoms with Crippen LogP contribution in [-0.4, -0.2) is 47.7 Å². The highest BCUT2D eigenvalue weighted by Crippen LogP contribution is 2.28. The summed E-state index contributed by atoms with van der Waals surface area (Å²) in [5.41, 5.74) is 3.52. The lowest BCUT2D eigenvalue weighted by Gasteiger charge is -2.30. The van der Waals surface area contributed by atoms with Crippen molar-refractivity contribution in [3.63, 3.8) is 0 Å². The summed E-state index contributed by atoms with van der Waals surface area (Å²) in [6.45, 7) is 3.77. The molecule has 0 radical (unpaired) electrons. The summed E-state index contributed by atoms with van der Waals surface area (Å²) in [6.07, 6.45) is 3.60. The summed E-state index contributed by atoms with van der Waals surface area (Å²) >= 11 is 5.86. The lowest BCUT2D eigenvalue weighted by molar-refractivity contribution is -0.134. The van der Waals surface area contributed by atoms with Gasteiger partial charge in [-0.2, -0.15) is 5.10 Å². The number of benzene rings is 3. The van der Waals surface area contributed by atoms with Gasteiger partial charge in [-0.1, -0.05) is 42.8 Å². The monoisotopic (exact) mass is 479 g/mol. The van der Waals surface area contributed by atoms with Gasteiger partial charge in [0.2, 0.25) is 0 Å². The van der Waals surface area contributed by atoms with Gasteiger partial charge in [0, 0.05) is 29.6 Å². The molecule has 0 saturated carbocycles. The zero-order valence-corrected chi connectivity index (χ0v) is 19.6. The number of amides is 2. The van der Waals surface area contributed by atoms with E-state index in [0.29, 0.717) is 11.7 Å². The summed E-state index contributed by atoms with van der Waals surface area (Å²) in [5, 5.41) is 15.4. The van der Waals surface area contributed by atoms with Crippen molar-refractivity contribution in [3.05, 3.63) is 70.7 Å². The van der Waals surface area contributed by atoms with Crippen molar-refractivity contribution in [2.24, 2.45) is 11.0 Å². The van der Waals surface area contributed by atoms with Gasteiger partial charge in [-0.05, 0) is 54.5 Å². The topological polar surface area (TPSA) is 91.2 Å². The first-order valence-corrected chi connectivity index (χ1v) is 11.5. The van der Waals surface area contributed by atoms with Gasteiger partial charge in [-0.25, -0.2) is 5.43 Å². The molecule has 1 saturated heterocycles. The average molecular weight is 480 g/mol. The maximum atomic E-state index is 12.6. The predicted molar refractivity (Wildman–Crippen MR) is 133 cm³/mol. The number of carbonyl (C=O) groups excluding carboxylic acids is 2. The molecule has 176 valence electrons. The zero-order chi connectivity index (χ0) is 24.1. The number of hydrogen-bond acceptors (Lipinski definition) is 5. The highest BCUT2D eigenvalue weighted by Gasteiger charge is 2.20. The molecule has 8 heteroatoms. The van der Waals surface area contributed by atoms with Crippen molar-refractivity contribution in [3.8, 4) is 11.5 Å². The number of phenols is 1. The molecule has 0 unspecified atom stereocenters. The maximum absolute atomic E-state index is 12.6. The Balaban J connectivity index is 1.44. The van der Waals surface area contributed by atoms with E-state index < -0.39 is 5.91 Å². The van der Waals surface area contributed by atoms with E-state index in [4.69, 9.17) is 16.3 Å². The summed E-state index contributed by atoms with van der Waals surface area (Å²) in [7, 11) is 0. The highest BCUT2D eigenvalue weighted by molar-refractivity contribution is 6.32. The molecule has 0 spiro atoms. The van der Waals surface area contributed by atoms with Crippen molar-refractivity contribution in [1.29, 1.82) is 0 Å². The molecule has 1 aliphatic heterocycles. The number of hydrogen-bond donors (Lipinski definition) is 2. The summed E-state index contributed by atoms with van der Waals surface area (Å²) < 4.78 is 5.90. The van der Waals surface area contributed by atoms with E-state index in [1.54, 1.807) is 12.3 Å². The number of hydrazone groups is 1. The molecule has 7 nitrogen and oxygen atoms in total. The minimum atomic E-state index is -0.451. The predicted octanol–water partition coefficient (Wildman–Crippen LogP) is 4.60. The van der Waals surface area contributed by atoms with Crippen molar-refractivity contribution in [2.45, 2.75) is 19.8 Å². The number of aromatic hydroxyl groups is 1. The smallest absolute Gasteiger partial charge is 0.271 e. The van der Waals surface area contributed by atoms with Crippen molar-refractivity contribution in [1.82, 2.24) is 10.3 Å². The number of likely N-dealkylation sites (tertiary alicyclic amines) is 1. The first kappa shape index (κ1) is 23.6. The van der Waals surface area contributed by atoms with Crippen molar-refractivity contribution in [2.75, 3.05) is 19.7 Å². The second-order valence-corrected chi connectivity index (χ2v) is 8.82. The Kier molecular flexibility index (Phi) is 7.33. The molecule has 3 aromatic rings. The normalized spacial score (nSPS) is 14.5. The molecule has 0 bridgehead atoms. The third-order valence-electron chi connectivity index (χ3n) is 5.98. The summed E-state index contributed by atoms with van der Waals surface area (Å²) in [6, 6.07) is 15.5. The molecule has 0 atom stereocenters. The molecule has 4 rings (SSSR count). The Bertz CT molecular complexity index is 1240. The number of rotatable bonds is 6. The molecule has 2 N–H and O–H groups in total. The van der Waals surface area contributed by atoms with Crippen LogP contribution in [0.15, 0.2) is 59.7 Å². The second-order valence-electron chi connectivity index (χ2n) is 8.42. The van der Waals surface area contributed by atoms with Crippen LogP contribution < -0.4 is 10.2 Å². The quantitative estimate of drug-likeness (QED) is 0.399. The largest absolute Gasteiger partial charge is 0.506 e. The van der Waals surface area contributed by atoms with Crippen LogP contribution >= 0.6 is 11.6 Å². The van der Waals surface area contributed by atoms with Gasteiger partial charge in [-0.3, -0.25) is 9.59 Å². The number of halogens is 1. The molecule has 34 heavy (non-hydrogen) atoms. The van der Waals surface area contributed by atoms with E-state index in [1.807, 2.05) is 35.2 Å². The Morgan fingerprint density at radius 1 is 1.15 bits per heavy atom. The number of nitrogens with zero attached hydrogens (tertiary/aromatic N) is 2. The van der Waals surface area contributed by atoms with E-state index in [9.17, 15) is 14.7 Å². The maximum Gasteiger partial charge on any atom is 0.271 e. The second kappa shape index (κ2) is 10.6. The van der Waals surface area contributed by atoms with E-state index in [0.717, 1.165) is 42.3 Å². The zero-order valence-electron chi connectivity index (χ0n) is 18.8. The Hall–Kier alpha value is -3.58. The van der Waals surface area contributed by atoms with Crippen LogP contribution in [-0.2, 0) is 4.79 Å². The summed E-state index contributed by atoms with van der Waals surface area (Å²) in [5.74, 6) is 0.732. The number of piperidine rings is 1. The fraction of sp³-hybridized carbons (Fsp3) is 0.269. The molecular formula is C26H26ClN3O4. The van der Waals surface area contributed by atoms with Crippen LogP contribution in [0, 0.1) is 5.92 Å². The van der Waals surface area contributed by atoms with Gasteiger partial charge in [0.1, 0.15) is 11.5 Å². The van der Waals surface area contributed by atoms with Crippen LogP contribution in [0.5, 0.6) is 11.5 Å². The van der Waals surface area contributed by atoms with Gasteiger partial charge in [0.25, 0.3) is 11.8 Å². The number of nitrogens with one attached hydrogen (secondary N) is 1. The molecule has 1 heterocycles. The van der Waals surface area contributed by atoms with E-state index in [1.165, 1.54) is 18.2 Å². The third-order valence-corrected chi connectivity index (χ3v) is 6.29. The van der Waals surface area contributed by atoms with E-state index >= 15 is 0 Å². The first-order valence-electron chi connectivity index (χ1n) is 11.2. The minimum absolute atomic E-state index is 0.00123. The standard InChI is InChI=1S/C26H26ClN3O4/c1-17-10-12-30(13-11-17)25(32)16-34-24-9-7-19(20-4-2-3-5-21(20)24)15-28-29-26(33)18-6-8-23(31)22(27)14-18/h2-9,14-15,17,31H,10-13,16H2,1H3,(H,29,33)/b28-15+. The summed E-state index contributed by atoms with van der Waals surface area (Å²) in [4.78, 5) is 26.7. The Morgan fingerprint density at radius 3 is 2.62 bits per heavy atom. The molecule has 1 fully saturated rings. The van der Waals surface area contributed by atoms with Crippen molar-refractivity contribution >= 4 is 40.4 Å². The number of phenolic OH excluding ortho intramolecular Hbond substituents is 1. The van der Waals surface area contributed by atoms with E-state index in [-0.39, 0.29) is 28.8 Å². The van der Waals surface area contributed by atoms with Crippen LogP contribution in [0.3, 0.4) is 0 Å². The molecule has 3 aromatic carbocycles. The average Bonchev–Trinajstić information content (AvgIpc) is 2.85. The molecule has 0 aliphatic carbocycles. The number of carbonyl (C=O) groups is 2. The first-order chi connectivity index (χ1) is 16.4. The fourth-order valence-corrected chi connectivity index (χ4v) is 4.08. The van der Waals surface area contributed by atoms with Gasteiger partial charge in [-0.15, -0.1) is 0 Å². The van der Waals surface area contributed by atoms with Gasteiger partial charge >= 0.3 is 0 Å². The molecule has 1 aliphatic rings.